The summed E-state index contributed by atoms with van der Waals surface area (Å²) in [5, 5.41) is 11.8. The van der Waals surface area contributed by atoms with Crippen LogP contribution in [0.4, 0.5) is 29.1 Å². The van der Waals surface area contributed by atoms with Crippen LogP contribution in [0, 0.1) is 17.1 Å². The fraction of sp³-hybridized carbons (Fsp3) is 0.333. The van der Waals surface area contributed by atoms with Crippen LogP contribution in [0.5, 0.6) is 0 Å². The van der Waals surface area contributed by atoms with Gasteiger partial charge in [0, 0.05) is 25.7 Å². The summed E-state index contributed by atoms with van der Waals surface area (Å²) in [6, 6.07) is 7.17. The Balaban J connectivity index is 1.88. The molecule has 1 saturated heterocycles. The average molecular weight is 420 g/mol. The first-order valence-electron chi connectivity index (χ1n) is 9.31. The van der Waals surface area contributed by atoms with Crippen molar-refractivity contribution in [3.63, 3.8) is 0 Å². The van der Waals surface area contributed by atoms with E-state index >= 15 is 0 Å². The second-order valence-electron chi connectivity index (χ2n) is 6.68. The molecule has 0 unspecified atom stereocenters. The monoisotopic (exact) mass is 420 g/mol. The highest BCUT2D eigenvalue weighted by Gasteiger charge is 2.33. The van der Waals surface area contributed by atoms with Crippen LogP contribution in [0.2, 0.25) is 0 Å². The molecular formula is C21H20F4N4O. The molecule has 1 aromatic carbocycles. The number of nitrogens with zero attached hydrogens (tertiary/aromatic N) is 3. The molecule has 5 nitrogen and oxygen atoms in total. The van der Waals surface area contributed by atoms with Crippen LogP contribution >= 0.6 is 0 Å². The lowest BCUT2D eigenvalue weighted by molar-refractivity contribution is -0.141. The molecule has 30 heavy (non-hydrogen) atoms. The molecule has 0 bridgehead atoms. The van der Waals surface area contributed by atoms with Gasteiger partial charge in [-0.05, 0) is 36.2 Å². The summed E-state index contributed by atoms with van der Waals surface area (Å²) in [5.74, 6) is -0.302. The molecule has 0 spiro atoms. The number of nitriles is 1. The van der Waals surface area contributed by atoms with Gasteiger partial charge in [0.1, 0.15) is 23.4 Å². The molecule has 158 valence electrons. The van der Waals surface area contributed by atoms with Crippen molar-refractivity contribution >= 4 is 17.6 Å². The zero-order valence-electron chi connectivity index (χ0n) is 16.3. The summed E-state index contributed by atoms with van der Waals surface area (Å²) in [7, 11) is 1.53. The van der Waals surface area contributed by atoms with Gasteiger partial charge < -0.3 is 15.0 Å². The van der Waals surface area contributed by atoms with Crippen LogP contribution in [0.1, 0.15) is 22.4 Å². The van der Waals surface area contributed by atoms with E-state index in [0.29, 0.717) is 43.9 Å². The maximum Gasteiger partial charge on any atom is 0.433 e. The Labute approximate surface area is 171 Å². The molecule has 0 saturated carbocycles. The van der Waals surface area contributed by atoms with E-state index in [0.717, 1.165) is 6.07 Å². The number of nitrogens with one attached hydrogen (secondary N) is 1. The summed E-state index contributed by atoms with van der Waals surface area (Å²) in [6.45, 7) is 1.71. The first-order valence-corrected chi connectivity index (χ1v) is 9.31. The highest BCUT2D eigenvalue weighted by atomic mass is 19.4. The average Bonchev–Trinajstić information content (AvgIpc) is 2.73. The number of allylic oxidation sites excluding steroid dienone is 1. The molecule has 1 aliphatic rings. The van der Waals surface area contributed by atoms with Crippen LogP contribution in [-0.2, 0) is 17.3 Å². The van der Waals surface area contributed by atoms with Crippen LogP contribution in [0.15, 0.2) is 30.3 Å². The van der Waals surface area contributed by atoms with Gasteiger partial charge in [0.05, 0.1) is 24.5 Å². The van der Waals surface area contributed by atoms with E-state index in [-0.39, 0.29) is 17.1 Å². The van der Waals surface area contributed by atoms with Crippen molar-refractivity contribution in [3.05, 3.63) is 58.5 Å². The fourth-order valence-electron chi connectivity index (χ4n) is 3.22. The summed E-state index contributed by atoms with van der Waals surface area (Å²) in [6.07, 6.45) is -0.861. The lowest BCUT2D eigenvalue weighted by Gasteiger charge is -2.29. The fourth-order valence-corrected chi connectivity index (χ4v) is 3.22. The smallest absolute Gasteiger partial charge is 0.385 e. The number of rotatable bonds is 5. The SMILES string of the molecule is CNc1c(F)cc(C/C=C/c2ccc(C(F)(F)F)nc2N2CCOCC2)cc1C#N. The summed E-state index contributed by atoms with van der Waals surface area (Å²) in [5.41, 5.74) is 0.465. The third-order valence-electron chi connectivity index (χ3n) is 4.68. The Bertz CT molecular complexity index is 976. The molecule has 1 aliphatic heterocycles. The van der Waals surface area contributed by atoms with Crippen molar-refractivity contribution < 1.29 is 22.3 Å². The summed E-state index contributed by atoms with van der Waals surface area (Å²) >= 11 is 0. The van der Waals surface area contributed by atoms with Gasteiger partial charge in [-0.1, -0.05) is 12.2 Å². The van der Waals surface area contributed by atoms with E-state index in [9.17, 15) is 22.8 Å². The number of morpholine rings is 1. The molecule has 0 aliphatic carbocycles. The minimum Gasteiger partial charge on any atom is -0.385 e. The Morgan fingerprint density at radius 3 is 2.63 bits per heavy atom. The molecule has 0 atom stereocenters. The minimum atomic E-state index is -4.54. The molecule has 2 heterocycles. The van der Waals surface area contributed by atoms with Gasteiger partial charge in [-0.3, -0.25) is 0 Å². The maximum atomic E-state index is 14.1. The Morgan fingerprint density at radius 2 is 2.00 bits per heavy atom. The van der Waals surface area contributed by atoms with Crippen molar-refractivity contribution in [3.8, 4) is 6.07 Å². The zero-order chi connectivity index (χ0) is 21.7. The van der Waals surface area contributed by atoms with Crippen LogP contribution in [-0.4, -0.2) is 38.3 Å². The Morgan fingerprint density at radius 1 is 1.27 bits per heavy atom. The third kappa shape index (κ3) is 4.89. The van der Waals surface area contributed by atoms with E-state index in [1.165, 1.54) is 19.2 Å². The highest BCUT2D eigenvalue weighted by molar-refractivity contribution is 5.65. The first-order chi connectivity index (χ1) is 14.3. The van der Waals surface area contributed by atoms with Gasteiger partial charge in [-0.25, -0.2) is 9.37 Å². The van der Waals surface area contributed by atoms with Crippen molar-refractivity contribution in [1.82, 2.24) is 4.98 Å². The number of hydrogen-bond donors (Lipinski definition) is 1. The number of benzene rings is 1. The number of halogens is 4. The molecule has 0 amide bonds. The van der Waals surface area contributed by atoms with Gasteiger partial charge in [-0.2, -0.15) is 18.4 Å². The predicted molar refractivity (Wildman–Crippen MR) is 106 cm³/mol. The molecule has 1 aromatic heterocycles. The topological polar surface area (TPSA) is 61.2 Å². The van der Waals surface area contributed by atoms with Crippen molar-refractivity contribution in [2.24, 2.45) is 0 Å². The molecule has 3 rings (SSSR count). The number of anilines is 2. The Kier molecular flexibility index (Phi) is 6.57. The van der Waals surface area contributed by atoms with E-state index in [4.69, 9.17) is 4.74 Å². The van der Waals surface area contributed by atoms with E-state index in [1.807, 2.05) is 6.07 Å². The number of alkyl halides is 3. The van der Waals surface area contributed by atoms with Crippen molar-refractivity contribution in [2.45, 2.75) is 12.6 Å². The van der Waals surface area contributed by atoms with E-state index < -0.39 is 17.7 Å². The largest absolute Gasteiger partial charge is 0.433 e. The van der Waals surface area contributed by atoms with Gasteiger partial charge in [0.25, 0.3) is 0 Å². The van der Waals surface area contributed by atoms with Crippen molar-refractivity contribution in [1.29, 1.82) is 5.26 Å². The molecule has 2 aromatic rings. The van der Waals surface area contributed by atoms with Crippen molar-refractivity contribution in [2.75, 3.05) is 43.6 Å². The summed E-state index contributed by atoms with van der Waals surface area (Å²) in [4.78, 5) is 5.60. The second-order valence-corrected chi connectivity index (χ2v) is 6.68. The minimum absolute atomic E-state index is 0.131. The number of hydrogen-bond acceptors (Lipinski definition) is 5. The molecule has 1 fully saturated rings. The quantitative estimate of drug-likeness (QED) is 0.733. The van der Waals surface area contributed by atoms with Gasteiger partial charge in [-0.15, -0.1) is 0 Å². The number of pyridine rings is 1. The third-order valence-corrected chi connectivity index (χ3v) is 4.68. The lowest BCUT2D eigenvalue weighted by atomic mass is 10.0. The van der Waals surface area contributed by atoms with E-state index in [1.54, 1.807) is 23.1 Å². The van der Waals surface area contributed by atoms with Crippen LogP contribution in [0.25, 0.3) is 6.08 Å². The van der Waals surface area contributed by atoms with Gasteiger partial charge in [0.2, 0.25) is 0 Å². The predicted octanol–water partition coefficient (Wildman–Crippen LogP) is 4.25. The number of aromatic nitrogens is 1. The standard InChI is InChI=1S/C21H20F4N4O/c1-27-19-16(13-26)11-14(12-17(19)22)3-2-4-15-5-6-18(21(23,24)25)28-20(15)29-7-9-30-10-8-29/h2,4-6,11-12,27H,3,7-10H2,1H3/b4-2+. The summed E-state index contributed by atoms with van der Waals surface area (Å²) < 4.78 is 58.8. The van der Waals surface area contributed by atoms with Gasteiger partial charge in [0.15, 0.2) is 0 Å². The first kappa shape index (κ1) is 21.6. The normalized spacial score (nSPS) is 14.7. The molecular weight excluding hydrogens is 400 g/mol. The van der Waals surface area contributed by atoms with Gasteiger partial charge >= 0.3 is 6.18 Å². The second kappa shape index (κ2) is 9.13. The molecule has 0 radical (unpaired) electrons. The maximum absolute atomic E-state index is 14.1. The van der Waals surface area contributed by atoms with Crippen LogP contribution < -0.4 is 10.2 Å². The lowest BCUT2D eigenvalue weighted by Crippen LogP contribution is -2.37. The Hall–Kier alpha value is -3.12. The highest BCUT2D eigenvalue weighted by Crippen LogP contribution is 2.31. The van der Waals surface area contributed by atoms with Crippen LogP contribution in [0.3, 0.4) is 0 Å². The van der Waals surface area contributed by atoms with E-state index in [2.05, 4.69) is 10.3 Å². The molecule has 9 heteroatoms. The molecule has 1 N–H and O–H groups in total. The number of ether oxygens (including phenoxy) is 1. The zero-order valence-corrected chi connectivity index (χ0v) is 16.3.